The first-order valence-electron chi connectivity index (χ1n) is 11.5. The van der Waals surface area contributed by atoms with Crippen molar-refractivity contribution >= 4 is 62.5 Å². The van der Waals surface area contributed by atoms with Crippen LogP contribution in [0.5, 0.6) is 0 Å². The molecule has 1 amide bonds. The number of carbonyl (C=O) groups excluding carboxylic acids is 2. The first-order valence-corrected chi connectivity index (χ1v) is 13.6. The summed E-state index contributed by atoms with van der Waals surface area (Å²) in [6, 6.07) is 18.6. The molecule has 0 unspecified atom stereocenters. The number of halogens is 1. The third-order valence-corrected chi connectivity index (χ3v) is 8.39. The van der Waals surface area contributed by atoms with Gasteiger partial charge in [-0.3, -0.25) is 14.5 Å². The molecule has 38 heavy (non-hydrogen) atoms. The van der Waals surface area contributed by atoms with E-state index < -0.39 is 23.5 Å². The van der Waals surface area contributed by atoms with Crippen LogP contribution in [-0.4, -0.2) is 27.0 Å². The molecule has 0 fully saturated rings. The average Bonchev–Trinajstić information content (AvgIpc) is 3.70. The molecule has 0 radical (unpaired) electrons. The fourth-order valence-electron chi connectivity index (χ4n) is 4.21. The highest BCUT2D eigenvalue weighted by molar-refractivity contribution is 8.00. The van der Waals surface area contributed by atoms with Crippen LogP contribution in [0.25, 0.3) is 11.0 Å². The number of para-hydroxylation sites is 1. The Morgan fingerprint density at radius 2 is 1.89 bits per heavy atom. The number of hydrogen-bond acceptors (Lipinski definition) is 9. The van der Waals surface area contributed by atoms with Crippen molar-refractivity contribution in [3.05, 3.63) is 106 Å². The number of fused-ring (bicyclic) bond motifs is 1. The van der Waals surface area contributed by atoms with Crippen molar-refractivity contribution in [3.8, 4) is 0 Å². The number of aromatic nitrogens is 2. The molecule has 4 heterocycles. The molecular weight excluding hydrogens is 546 g/mol. The molecule has 0 spiro atoms. The van der Waals surface area contributed by atoms with E-state index in [4.69, 9.17) is 20.4 Å². The maximum Gasteiger partial charge on any atom is 0.296 e. The fourth-order valence-corrected chi connectivity index (χ4v) is 6.16. The number of aliphatic hydroxyl groups excluding tert-OH is 1. The van der Waals surface area contributed by atoms with Crippen molar-refractivity contribution in [2.24, 2.45) is 0 Å². The van der Waals surface area contributed by atoms with Gasteiger partial charge in [-0.15, -0.1) is 10.2 Å². The van der Waals surface area contributed by atoms with Crippen LogP contribution in [0, 0.1) is 6.92 Å². The van der Waals surface area contributed by atoms with Crippen molar-refractivity contribution in [2.75, 3.05) is 4.90 Å². The van der Waals surface area contributed by atoms with Gasteiger partial charge in [0, 0.05) is 16.2 Å². The zero-order valence-corrected chi connectivity index (χ0v) is 22.1. The summed E-state index contributed by atoms with van der Waals surface area (Å²) < 4.78 is 12.2. The molecule has 1 aliphatic rings. The van der Waals surface area contributed by atoms with Gasteiger partial charge in [-0.25, -0.2) is 0 Å². The average molecular weight is 564 g/mol. The summed E-state index contributed by atoms with van der Waals surface area (Å²) in [4.78, 5) is 28.2. The number of aryl methyl sites for hydroxylation is 1. The smallest absolute Gasteiger partial charge is 0.296 e. The van der Waals surface area contributed by atoms with Crippen molar-refractivity contribution in [1.29, 1.82) is 0 Å². The Bertz CT molecular complexity index is 1690. The molecule has 2 aromatic carbocycles. The Morgan fingerprint density at radius 1 is 1.11 bits per heavy atom. The van der Waals surface area contributed by atoms with Gasteiger partial charge in [-0.1, -0.05) is 65.0 Å². The standard InChI is InChI=1S/C27H18ClN3O5S2/c1-14-6-11-19(35-14)22-21(23(32)20-12-16-4-2-3-5-18(16)36-20)24(33)25(34)31(22)26-29-30-27(38-26)37-13-15-7-9-17(28)10-8-15/h2-12,22,33H,13H2,1H3/t22-/m1/s1. The normalized spacial score (nSPS) is 15.7. The Hall–Kier alpha value is -3.86. The second kappa shape index (κ2) is 9.79. The summed E-state index contributed by atoms with van der Waals surface area (Å²) in [5.74, 6) is -0.535. The minimum absolute atomic E-state index is 0.00662. The number of rotatable bonds is 7. The summed E-state index contributed by atoms with van der Waals surface area (Å²) in [7, 11) is 0. The molecule has 190 valence electrons. The van der Waals surface area contributed by atoms with E-state index in [2.05, 4.69) is 10.2 Å². The van der Waals surface area contributed by atoms with Crippen LogP contribution in [-0.2, 0) is 10.5 Å². The van der Waals surface area contributed by atoms with Gasteiger partial charge in [-0.05, 0) is 48.9 Å². The fraction of sp³-hybridized carbons (Fsp3) is 0.111. The van der Waals surface area contributed by atoms with E-state index in [1.54, 1.807) is 37.3 Å². The lowest BCUT2D eigenvalue weighted by molar-refractivity contribution is -0.117. The third-order valence-electron chi connectivity index (χ3n) is 6.01. The first-order chi connectivity index (χ1) is 18.4. The molecule has 3 aromatic heterocycles. The quantitative estimate of drug-likeness (QED) is 0.129. The van der Waals surface area contributed by atoms with Gasteiger partial charge in [0.25, 0.3) is 5.91 Å². The summed E-state index contributed by atoms with van der Waals surface area (Å²) in [6.07, 6.45) is 0. The van der Waals surface area contributed by atoms with Crippen LogP contribution in [0.4, 0.5) is 5.13 Å². The van der Waals surface area contributed by atoms with Gasteiger partial charge in [0.05, 0.1) is 5.57 Å². The highest BCUT2D eigenvalue weighted by Crippen LogP contribution is 2.44. The second-order valence-electron chi connectivity index (χ2n) is 8.53. The summed E-state index contributed by atoms with van der Waals surface area (Å²) in [5.41, 5.74) is 1.43. The van der Waals surface area contributed by atoms with E-state index in [9.17, 15) is 14.7 Å². The number of aliphatic hydroxyl groups is 1. The van der Waals surface area contributed by atoms with Crippen LogP contribution < -0.4 is 4.90 Å². The number of furan rings is 2. The Morgan fingerprint density at radius 3 is 2.63 bits per heavy atom. The summed E-state index contributed by atoms with van der Waals surface area (Å²) in [6.45, 7) is 1.76. The van der Waals surface area contributed by atoms with Gasteiger partial charge in [0.1, 0.15) is 23.1 Å². The van der Waals surface area contributed by atoms with Gasteiger partial charge in [0.15, 0.2) is 15.9 Å². The SMILES string of the molecule is Cc1ccc([C@@H]2C(C(=O)c3cc4ccccc4o3)=C(O)C(=O)N2c2nnc(SCc3ccc(Cl)cc3)s2)o1. The zero-order chi connectivity index (χ0) is 26.4. The molecular formula is C27H18ClN3O5S2. The number of ketones is 1. The van der Waals surface area contributed by atoms with Crippen LogP contribution in [0.1, 0.15) is 33.7 Å². The van der Waals surface area contributed by atoms with Crippen LogP contribution >= 0.6 is 34.7 Å². The van der Waals surface area contributed by atoms with Crippen molar-refractivity contribution < 1.29 is 23.5 Å². The molecule has 0 saturated heterocycles. The lowest BCUT2D eigenvalue weighted by atomic mass is 10.00. The maximum absolute atomic E-state index is 13.7. The second-order valence-corrected chi connectivity index (χ2v) is 11.1. The molecule has 1 N–H and O–H groups in total. The van der Waals surface area contributed by atoms with Crippen LogP contribution in [0.2, 0.25) is 5.02 Å². The lowest BCUT2D eigenvalue weighted by Gasteiger charge is -2.21. The van der Waals surface area contributed by atoms with E-state index in [0.717, 1.165) is 10.9 Å². The van der Waals surface area contributed by atoms with E-state index >= 15 is 0 Å². The topological polar surface area (TPSA) is 110 Å². The van der Waals surface area contributed by atoms with Crippen molar-refractivity contribution in [2.45, 2.75) is 23.1 Å². The van der Waals surface area contributed by atoms with Crippen molar-refractivity contribution in [1.82, 2.24) is 10.2 Å². The van der Waals surface area contributed by atoms with Gasteiger partial charge in [-0.2, -0.15) is 0 Å². The van der Waals surface area contributed by atoms with Gasteiger partial charge < -0.3 is 13.9 Å². The number of amides is 1. The van der Waals surface area contributed by atoms with E-state index in [-0.39, 0.29) is 16.5 Å². The minimum Gasteiger partial charge on any atom is -0.503 e. The molecule has 0 saturated carbocycles. The molecule has 5 aromatic rings. The molecule has 11 heteroatoms. The van der Waals surface area contributed by atoms with E-state index in [1.807, 2.05) is 36.4 Å². The summed E-state index contributed by atoms with van der Waals surface area (Å²) >= 11 is 8.60. The highest BCUT2D eigenvalue weighted by atomic mass is 35.5. The first kappa shape index (κ1) is 24.5. The number of anilines is 1. The van der Waals surface area contributed by atoms with Gasteiger partial charge >= 0.3 is 0 Å². The van der Waals surface area contributed by atoms with Gasteiger partial charge in [0.2, 0.25) is 10.9 Å². The minimum atomic E-state index is -1.04. The number of nitrogens with zero attached hydrogens (tertiary/aromatic N) is 3. The Balaban J connectivity index is 1.34. The zero-order valence-electron chi connectivity index (χ0n) is 19.8. The number of benzene rings is 2. The number of Topliss-reactive ketones (excluding diaryl/α,β-unsaturated/α-hetero) is 1. The van der Waals surface area contributed by atoms with Crippen LogP contribution in [0.3, 0.4) is 0 Å². The third kappa shape index (κ3) is 4.40. The maximum atomic E-state index is 13.7. The molecule has 0 aliphatic carbocycles. The number of thioether (sulfide) groups is 1. The Kier molecular flexibility index (Phi) is 6.30. The molecule has 0 bridgehead atoms. The highest BCUT2D eigenvalue weighted by Gasteiger charge is 2.48. The molecule has 1 aliphatic heterocycles. The Labute approximate surface area is 229 Å². The predicted octanol–water partition coefficient (Wildman–Crippen LogP) is 6.91. The predicted molar refractivity (Wildman–Crippen MR) is 145 cm³/mol. The number of hydrogen-bond donors (Lipinski definition) is 1. The molecule has 6 rings (SSSR count). The lowest BCUT2D eigenvalue weighted by Crippen LogP contribution is -2.30. The monoisotopic (exact) mass is 563 g/mol. The molecule has 8 nitrogen and oxygen atoms in total. The van der Waals surface area contributed by atoms with E-state index in [1.165, 1.54) is 28.0 Å². The van der Waals surface area contributed by atoms with E-state index in [0.29, 0.717) is 32.2 Å². The summed E-state index contributed by atoms with van der Waals surface area (Å²) in [5, 5.41) is 21.0. The molecule has 1 atom stereocenters. The number of carbonyl (C=O) groups is 2. The largest absolute Gasteiger partial charge is 0.503 e. The van der Waals surface area contributed by atoms with Crippen molar-refractivity contribution in [3.63, 3.8) is 0 Å². The van der Waals surface area contributed by atoms with Crippen LogP contribution in [0.15, 0.2) is 91.2 Å².